The zero-order valence-corrected chi connectivity index (χ0v) is 17.8. The number of rotatable bonds is 6. The number of benzene rings is 2. The molecule has 30 heavy (non-hydrogen) atoms. The van der Waals surface area contributed by atoms with Crippen LogP contribution in [0.2, 0.25) is 0 Å². The molecular weight excluding hydrogens is 394 g/mol. The van der Waals surface area contributed by atoms with Crippen molar-refractivity contribution in [2.45, 2.75) is 25.4 Å². The Labute approximate surface area is 180 Å². The van der Waals surface area contributed by atoms with Crippen molar-refractivity contribution in [1.82, 2.24) is 9.88 Å². The molecule has 5 nitrogen and oxygen atoms in total. The minimum atomic E-state index is -0.420. The average molecular weight is 420 g/mol. The second-order valence-corrected chi connectivity index (χ2v) is 8.84. The third-order valence-electron chi connectivity index (χ3n) is 5.78. The van der Waals surface area contributed by atoms with Crippen molar-refractivity contribution >= 4 is 22.1 Å². The molecule has 2 N–H and O–H groups in total. The Morgan fingerprint density at radius 3 is 2.87 bits per heavy atom. The van der Waals surface area contributed by atoms with Crippen molar-refractivity contribution in [3.8, 4) is 16.2 Å². The molecule has 0 spiro atoms. The number of thiazole rings is 1. The van der Waals surface area contributed by atoms with E-state index in [1.54, 1.807) is 24.7 Å². The van der Waals surface area contributed by atoms with Gasteiger partial charge in [0.25, 0.3) is 0 Å². The van der Waals surface area contributed by atoms with Crippen LogP contribution in [-0.2, 0) is 6.54 Å². The Morgan fingerprint density at radius 1 is 1.20 bits per heavy atom. The van der Waals surface area contributed by atoms with E-state index in [1.165, 1.54) is 25.9 Å². The third kappa shape index (κ3) is 3.62. The molecule has 1 fully saturated rings. The summed E-state index contributed by atoms with van der Waals surface area (Å²) in [6, 6.07) is 13.8. The van der Waals surface area contributed by atoms with Gasteiger partial charge in [0.05, 0.1) is 30.8 Å². The lowest BCUT2D eigenvalue weighted by molar-refractivity contribution is 0.331. The standard InChI is InChI=1S/C24H25N3O2S/c1-28-20-9-8-16(21-13-26-22(30-21)14-27-10-4-5-11-27)12-19(20)23(25)24-18-7-3-2-6-17(18)15-29-24/h2-3,6-9,12-13,15,23H,4-5,10-11,14,25H2,1H3. The average Bonchev–Trinajstić information content (AvgIpc) is 3.54. The summed E-state index contributed by atoms with van der Waals surface area (Å²) in [5.41, 5.74) is 8.68. The van der Waals surface area contributed by atoms with Crippen LogP contribution in [0.1, 0.15) is 35.2 Å². The van der Waals surface area contributed by atoms with E-state index in [1.807, 2.05) is 36.5 Å². The maximum atomic E-state index is 6.67. The van der Waals surface area contributed by atoms with Gasteiger partial charge in [-0.3, -0.25) is 4.90 Å². The molecule has 0 saturated carbocycles. The molecule has 0 radical (unpaired) electrons. The van der Waals surface area contributed by atoms with Crippen molar-refractivity contribution in [2.24, 2.45) is 5.73 Å². The lowest BCUT2D eigenvalue weighted by atomic mass is 9.99. The fraction of sp³-hybridized carbons (Fsp3) is 0.292. The lowest BCUT2D eigenvalue weighted by Gasteiger charge is -2.15. The van der Waals surface area contributed by atoms with Gasteiger partial charge in [0.1, 0.15) is 16.5 Å². The van der Waals surface area contributed by atoms with Crippen LogP contribution in [-0.4, -0.2) is 30.1 Å². The number of hydrogen-bond donors (Lipinski definition) is 1. The summed E-state index contributed by atoms with van der Waals surface area (Å²) in [6.07, 6.45) is 6.31. The Hall–Kier alpha value is -2.67. The largest absolute Gasteiger partial charge is 0.496 e. The van der Waals surface area contributed by atoms with Gasteiger partial charge in [-0.1, -0.05) is 24.3 Å². The molecule has 0 bridgehead atoms. The molecule has 2 aromatic carbocycles. The highest BCUT2D eigenvalue weighted by Gasteiger charge is 2.21. The number of fused-ring (bicyclic) bond motifs is 1. The second-order valence-electron chi connectivity index (χ2n) is 7.72. The molecule has 0 aliphatic carbocycles. The summed E-state index contributed by atoms with van der Waals surface area (Å²) >= 11 is 1.75. The number of nitrogens with zero attached hydrogens (tertiary/aromatic N) is 2. The first-order valence-corrected chi connectivity index (χ1v) is 11.1. The van der Waals surface area contributed by atoms with Gasteiger partial charge in [-0.15, -0.1) is 11.3 Å². The predicted molar refractivity (Wildman–Crippen MR) is 121 cm³/mol. The molecule has 2 aromatic heterocycles. The van der Waals surface area contributed by atoms with Gasteiger partial charge in [-0.25, -0.2) is 4.98 Å². The number of methoxy groups -OCH3 is 1. The lowest BCUT2D eigenvalue weighted by Crippen LogP contribution is -2.17. The molecule has 1 unspecified atom stereocenters. The summed E-state index contributed by atoms with van der Waals surface area (Å²) in [7, 11) is 1.67. The Bertz CT molecular complexity index is 1160. The number of ether oxygens (including phenoxy) is 1. The van der Waals surface area contributed by atoms with Crippen LogP contribution in [0.4, 0.5) is 0 Å². The fourth-order valence-corrected chi connectivity index (χ4v) is 5.13. The maximum absolute atomic E-state index is 6.67. The second kappa shape index (κ2) is 8.22. The van der Waals surface area contributed by atoms with Gasteiger partial charge in [0.15, 0.2) is 0 Å². The number of likely N-dealkylation sites (tertiary alicyclic amines) is 1. The Kier molecular flexibility index (Phi) is 5.29. The summed E-state index contributed by atoms with van der Waals surface area (Å²) in [4.78, 5) is 8.28. The van der Waals surface area contributed by atoms with E-state index in [2.05, 4.69) is 22.0 Å². The summed E-state index contributed by atoms with van der Waals surface area (Å²) in [5, 5.41) is 3.24. The molecule has 1 atom stereocenters. The summed E-state index contributed by atoms with van der Waals surface area (Å²) < 4.78 is 11.5. The first-order chi connectivity index (χ1) is 14.7. The SMILES string of the molecule is COc1ccc(-c2cnc(CN3CCCC3)s2)cc1C(N)c1occ2ccccc12. The minimum absolute atomic E-state index is 0.420. The Balaban J connectivity index is 1.47. The monoisotopic (exact) mass is 419 g/mol. The quantitative estimate of drug-likeness (QED) is 0.465. The smallest absolute Gasteiger partial charge is 0.132 e. The molecule has 3 heterocycles. The van der Waals surface area contributed by atoms with Crippen molar-refractivity contribution in [3.05, 3.63) is 71.3 Å². The fourth-order valence-electron chi connectivity index (χ4n) is 4.18. The molecular formula is C24H25N3O2S. The molecule has 6 heteroatoms. The van der Waals surface area contributed by atoms with Crippen molar-refractivity contribution in [3.63, 3.8) is 0 Å². The van der Waals surface area contributed by atoms with Gasteiger partial charge < -0.3 is 14.9 Å². The highest BCUT2D eigenvalue weighted by molar-refractivity contribution is 7.15. The van der Waals surface area contributed by atoms with E-state index in [4.69, 9.17) is 14.9 Å². The summed E-state index contributed by atoms with van der Waals surface area (Å²) in [5.74, 6) is 1.51. The Morgan fingerprint density at radius 2 is 2.03 bits per heavy atom. The zero-order valence-electron chi connectivity index (χ0n) is 17.0. The number of hydrogen-bond acceptors (Lipinski definition) is 6. The van der Waals surface area contributed by atoms with E-state index >= 15 is 0 Å². The van der Waals surface area contributed by atoms with Gasteiger partial charge in [-0.2, -0.15) is 0 Å². The van der Waals surface area contributed by atoms with Crippen LogP contribution in [0, 0.1) is 0 Å². The minimum Gasteiger partial charge on any atom is -0.496 e. The van der Waals surface area contributed by atoms with Crippen molar-refractivity contribution in [2.75, 3.05) is 20.2 Å². The predicted octanol–water partition coefficient (Wildman–Crippen LogP) is 5.21. The maximum Gasteiger partial charge on any atom is 0.132 e. The van der Waals surface area contributed by atoms with E-state index < -0.39 is 6.04 Å². The van der Waals surface area contributed by atoms with Crippen LogP contribution < -0.4 is 10.5 Å². The van der Waals surface area contributed by atoms with Crippen LogP contribution in [0.5, 0.6) is 5.75 Å². The molecule has 0 amide bonds. The zero-order chi connectivity index (χ0) is 20.5. The van der Waals surface area contributed by atoms with Gasteiger partial charge in [0.2, 0.25) is 0 Å². The van der Waals surface area contributed by atoms with Crippen LogP contribution >= 0.6 is 11.3 Å². The van der Waals surface area contributed by atoms with Crippen LogP contribution in [0.15, 0.2) is 59.3 Å². The first-order valence-electron chi connectivity index (χ1n) is 10.3. The molecule has 154 valence electrons. The van der Waals surface area contributed by atoms with Gasteiger partial charge in [-0.05, 0) is 49.7 Å². The molecule has 1 aliphatic rings. The van der Waals surface area contributed by atoms with Gasteiger partial charge >= 0.3 is 0 Å². The van der Waals surface area contributed by atoms with E-state index in [0.29, 0.717) is 0 Å². The highest BCUT2D eigenvalue weighted by atomic mass is 32.1. The van der Waals surface area contributed by atoms with Crippen molar-refractivity contribution < 1.29 is 9.15 Å². The summed E-state index contributed by atoms with van der Waals surface area (Å²) in [6.45, 7) is 3.28. The number of nitrogens with two attached hydrogens (primary N) is 1. The van der Waals surface area contributed by atoms with E-state index in [0.717, 1.165) is 49.8 Å². The number of furan rings is 1. The first kappa shape index (κ1) is 19.3. The third-order valence-corrected chi connectivity index (χ3v) is 6.81. The van der Waals surface area contributed by atoms with E-state index in [9.17, 15) is 0 Å². The van der Waals surface area contributed by atoms with Crippen LogP contribution in [0.25, 0.3) is 21.2 Å². The molecule has 1 aliphatic heterocycles. The molecule has 5 rings (SSSR count). The molecule has 4 aromatic rings. The topological polar surface area (TPSA) is 64.5 Å². The highest BCUT2D eigenvalue weighted by Crippen LogP contribution is 2.37. The number of aromatic nitrogens is 1. The van der Waals surface area contributed by atoms with Gasteiger partial charge in [0, 0.05) is 22.5 Å². The van der Waals surface area contributed by atoms with E-state index in [-0.39, 0.29) is 0 Å². The van der Waals surface area contributed by atoms with Crippen molar-refractivity contribution in [1.29, 1.82) is 0 Å². The molecule has 1 saturated heterocycles. The normalized spacial score (nSPS) is 15.7. The van der Waals surface area contributed by atoms with Crippen LogP contribution in [0.3, 0.4) is 0 Å².